The van der Waals surface area contributed by atoms with Gasteiger partial charge in [-0.15, -0.1) is 11.6 Å². The summed E-state index contributed by atoms with van der Waals surface area (Å²) in [6.07, 6.45) is 0.568. The maximum Gasteiger partial charge on any atom is 0.127 e. The summed E-state index contributed by atoms with van der Waals surface area (Å²) in [5, 5.41) is -0.313. The van der Waals surface area contributed by atoms with Gasteiger partial charge in [-0.25, -0.2) is 4.39 Å². The van der Waals surface area contributed by atoms with Crippen molar-refractivity contribution >= 4 is 11.6 Å². The lowest BCUT2D eigenvalue weighted by atomic mass is 10.0. The first-order chi connectivity index (χ1) is 9.65. The number of benzene rings is 2. The largest absolute Gasteiger partial charge is 0.496 e. The van der Waals surface area contributed by atoms with E-state index in [0.29, 0.717) is 17.9 Å². The second-order valence-electron chi connectivity index (χ2n) is 4.37. The van der Waals surface area contributed by atoms with Crippen LogP contribution >= 0.6 is 11.6 Å². The smallest absolute Gasteiger partial charge is 0.127 e. The van der Waals surface area contributed by atoms with Crippen molar-refractivity contribution in [3.05, 3.63) is 59.4 Å². The third-order valence-corrected chi connectivity index (χ3v) is 3.48. The van der Waals surface area contributed by atoms with Crippen LogP contribution in [0, 0.1) is 5.82 Å². The molecule has 0 heterocycles. The van der Waals surface area contributed by atoms with Crippen molar-refractivity contribution in [2.75, 3.05) is 14.2 Å². The molecule has 0 amide bonds. The number of methoxy groups -OCH3 is 2. The van der Waals surface area contributed by atoms with Crippen molar-refractivity contribution in [2.24, 2.45) is 0 Å². The minimum Gasteiger partial charge on any atom is -0.496 e. The molecule has 1 atom stereocenters. The predicted octanol–water partition coefficient (Wildman–Crippen LogP) is 4.37. The highest BCUT2D eigenvalue weighted by Crippen LogP contribution is 2.39. The average Bonchev–Trinajstić information content (AvgIpc) is 2.48. The molecule has 0 radical (unpaired) electrons. The first-order valence-electron chi connectivity index (χ1n) is 6.25. The molecule has 0 saturated carbocycles. The van der Waals surface area contributed by atoms with E-state index in [0.717, 1.165) is 11.1 Å². The summed E-state index contributed by atoms with van der Waals surface area (Å²) in [5.41, 5.74) is 1.77. The number of ether oxygens (including phenoxy) is 2. The number of alkyl halides is 1. The molecule has 2 nitrogen and oxygen atoms in total. The fraction of sp³-hybridized carbons (Fsp3) is 0.250. The van der Waals surface area contributed by atoms with Gasteiger partial charge in [0.15, 0.2) is 0 Å². The summed E-state index contributed by atoms with van der Waals surface area (Å²) in [5.74, 6) is 1.12. The van der Waals surface area contributed by atoms with Gasteiger partial charge in [0.2, 0.25) is 0 Å². The van der Waals surface area contributed by atoms with E-state index in [9.17, 15) is 4.39 Å². The van der Waals surface area contributed by atoms with Crippen LogP contribution in [0.4, 0.5) is 4.39 Å². The van der Waals surface area contributed by atoms with Gasteiger partial charge in [0.25, 0.3) is 0 Å². The van der Waals surface area contributed by atoms with E-state index >= 15 is 0 Å². The van der Waals surface area contributed by atoms with Crippen LogP contribution in [0.25, 0.3) is 0 Å². The van der Waals surface area contributed by atoms with Gasteiger partial charge in [0.05, 0.1) is 25.2 Å². The fourth-order valence-corrected chi connectivity index (χ4v) is 2.51. The number of hydrogen-bond acceptors (Lipinski definition) is 2. The zero-order chi connectivity index (χ0) is 14.5. The topological polar surface area (TPSA) is 18.5 Å². The lowest BCUT2D eigenvalue weighted by Crippen LogP contribution is -2.02. The van der Waals surface area contributed by atoms with E-state index in [-0.39, 0.29) is 11.2 Å². The van der Waals surface area contributed by atoms with Gasteiger partial charge in [0.1, 0.15) is 17.3 Å². The van der Waals surface area contributed by atoms with Gasteiger partial charge in [0, 0.05) is 0 Å². The minimum absolute atomic E-state index is 0.255. The summed E-state index contributed by atoms with van der Waals surface area (Å²) in [6, 6.07) is 11.9. The molecule has 0 spiro atoms. The van der Waals surface area contributed by atoms with E-state index in [1.165, 1.54) is 12.1 Å². The first-order valence-corrected chi connectivity index (χ1v) is 6.68. The minimum atomic E-state index is -0.313. The van der Waals surface area contributed by atoms with E-state index in [1.807, 2.05) is 18.2 Å². The number of halogens is 2. The van der Waals surface area contributed by atoms with E-state index in [2.05, 4.69) is 0 Å². The Kier molecular flexibility index (Phi) is 4.85. The first kappa shape index (κ1) is 14.7. The SMILES string of the molecule is COc1cccc(OC)c1C(Cl)Cc1ccc(F)cc1. The van der Waals surface area contributed by atoms with Gasteiger partial charge in [-0.3, -0.25) is 0 Å². The van der Waals surface area contributed by atoms with Crippen LogP contribution in [0.15, 0.2) is 42.5 Å². The maximum absolute atomic E-state index is 12.9. The molecule has 0 N–H and O–H groups in total. The Morgan fingerprint density at radius 2 is 1.55 bits per heavy atom. The highest BCUT2D eigenvalue weighted by atomic mass is 35.5. The van der Waals surface area contributed by atoms with Crippen molar-refractivity contribution in [3.8, 4) is 11.5 Å². The molecule has 0 aliphatic rings. The van der Waals surface area contributed by atoms with Gasteiger partial charge in [-0.2, -0.15) is 0 Å². The Hall–Kier alpha value is -1.74. The molecule has 4 heteroatoms. The summed E-state index contributed by atoms with van der Waals surface area (Å²) < 4.78 is 23.6. The molecule has 2 aromatic rings. The number of hydrogen-bond donors (Lipinski definition) is 0. The third-order valence-electron chi connectivity index (χ3n) is 3.11. The second kappa shape index (κ2) is 6.62. The fourth-order valence-electron chi connectivity index (χ4n) is 2.12. The molecule has 0 bridgehead atoms. The Morgan fingerprint density at radius 1 is 1.00 bits per heavy atom. The van der Waals surface area contributed by atoms with Crippen molar-refractivity contribution in [1.29, 1.82) is 0 Å². The molecule has 106 valence electrons. The normalized spacial score (nSPS) is 12.0. The van der Waals surface area contributed by atoms with Crippen molar-refractivity contribution < 1.29 is 13.9 Å². The summed E-state index contributed by atoms with van der Waals surface area (Å²) in [4.78, 5) is 0. The third kappa shape index (κ3) is 3.23. The van der Waals surface area contributed by atoms with Crippen LogP contribution in [0.3, 0.4) is 0 Å². The van der Waals surface area contributed by atoms with Gasteiger partial charge < -0.3 is 9.47 Å². The van der Waals surface area contributed by atoms with Crippen LogP contribution in [0.2, 0.25) is 0 Å². The lowest BCUT2D eigenvalue weighted by molar-refractivity contribution is 0.384. The lowest BCUT2D eigenvalue weighted by Gasteiger charge is -2.17. The summed E-state index contributed by atoms with van der Waals surface area (Å²) in [7, 11) is 3.19. The van der Waals surface area contributed by atoms with Crippen molar-refractivity contribution in [3.63, 3.8) is 0 Å². The molecular formula is C16H16ClFO2. The van der Waals surface area contributed by atoms with Gasteiger partial charge >= 0.3 is 0 Å². The average molecular weight is 295 g/mol. The van der Waals surface area contributed by atoms with E-state index in [1.54, 1.807) is 26.4 Å². The predicted molar refractivity (Wildman–Crippen MR) is 78.2 cm³/mol. The molecule has 2 rings (SSSR count). The standard InChI is InChI=1S/C16H16ClFO2/c1-19-14-4-3-5-15(20-2)16(14)13(17)10-11-6-8-12(18)9-7-11/h3-9,13H,10H2,1-2H3. The second-order valence-corrected chi connectivity index (χ2v) is 4.90. The molecule has 0 aliphatic heterocycles. The Morgan fingerprint density at radius 3 is 2.05 bits per heavy atom. The van der Waals surface area contributed by atoms with E-state index in [4.69, 9.17) is 21.1 Å². The summed E-state index contributed by atoms with van der Waals surface area (Å²) in [6.45, 7) is 0. The molecule has 1 unspecified atom stereocenters. The molecule has 2 aromatic carbocycles. The molecule has 20 heavy (non-hydrogen) atoms. The molecule has 0 saturated heterocycles. The van der Waals surface area contributed by atoms with Gasteiger partial charge in [-0.1, -0.05) is 18.2 Å². The summed E-state index contributed by atoms with van der Waals surface area (Å²) >= 11 is 6.49. The molecule has 0 fully saturated rings. The van der Waals surface area contributed by atoms with Crippen LogP contribution in [-0.4, -0.2) is 14.2 Å². The van der Waals surface area contributed by atoms with Crippen LogP contribution < -0.4 is 9.47 Å². The zero-order valence-corrected chi connectivity index (χ0v) is 12.2. The molecule has 0 aromatic heterocycles. The van der Waals surface area contributed by atoms with Crippen LogP contribution in [-0.2, 0) is 6.42 Å². The quantitative estimate of drug-likeness (QED) is 0.763. The Bertz CT molecular complexity index is 547. The monoisotopic (exact) mass is 294 g/mol. The molecular weight excluding hydrogens is 279 g/mol. The van der Waals surface area contributed by atoms with Crippen molar-refractivity contribution in [2.45, 2.75) is 11.8 Å². The van der Waals surface area contributed by atoms with Crippen molar-refractivity contribution in [1.82, 2.24) is 0 Å². The van der Waals surface area contributed by atoms with Crippen LogP contribution in [0.1, 0.15) is 16.5 Å². The number of rotatable bonds is 5. The van der Waals surface area contributed by atoms with E-state index < -0.39 is 0 Å². The highest BCUT2D eigenvalue weighted by Gasteiger charge is 2.19. The van der Waals surface area contributed by atoms with Crippen LogP contribution in [0.5, 0.6) is 11.5 Å². The Labute approximate surface area is 123 Å². The zero-order valence-electron chi connectivity index (χ0n) is 11.4. The highest BCUT2D eigenvalue weighted by molar-refractivity contribution is 6.21. The van der Waals surface area contributed by atoms with Gasteiger partial charge in [-0.05, 0) is 36.2 Å². The Balaban J connectivity index is 2.28. The maximum atomic E-state index is 12.9. The molecule has 0 aliphatic carbocycles.